The molecule has 0 spiro atoms. The predicted octanol–water partition coefficient (Wildman–Crippen LogP) is 3.91. The van der Waals surface area contributed by atoms with E-state index in [9.17, 15) is 0 Å². The number of methoxy groups -OCH3 is 3. The first-order valence-electron chi connectivity index (χ1n) is 8.89. The number of nitrogens with one attached hydrogen (secondary N) is 1. The van der Waals surface area contributed by atoms with Crippen LogP contribution in [0.3, 0.4) is 0 Å². The second-order valence-electron chi connectivity index (χ2n) is 6.69. The number of hydrogen-bond acceptors (Lipinski definition) is 3. The molecule has 0 aliphatic carbocycles. The minimum atomic E-state index is -0.135. The van der Waals surface area contributed by atoms with E-state index in [0.29, 0.717) is 17.2 Å². The summed E-state index contributed by atoms with van der Waals surface area (Å²) < 4.78 is 16.4. The van der Waals surface area contributed by atoms with Gasteiger partial charge in [-0.1, -0.05) is 18.5 Å². The van der Waals surface area contributed by atoms with Crippen molar-refractivity contribution < 1.29 is 19.2 Å². The van der Waals surface area contributed by atoms with Crippen LogP contribution in [0.1, 0.15) is 31.4 Å². The third kappa shape index (κ3) is 3.42. The summed E-state index contributed by atoms with van der Waals surface area (Å²) in [6.07, 6.45) is 5.05. The summed E-state index contributed by atoms with van der Waals surface area (Å²) in [4.78, 5) is 3.54. The van der Waals surface area contributed by atoms with E-state index in [-0.39, 0.29) is 5.41 Å². The van der Waals surface area contributed by atoms with E-state index in [4.69, 9.17) is 25.8 Å². The Hall–Kier alpha value is -2.46. The molecule has 0 bridgehead atoms. The highest BCUT2D eigenvalue weighted by Gasteiger charge is 2.42. The number of hydrogen-bond donors (Lipinski definition) is 1. The largest absolute Gasteiger partial charge is 0.496 e. The lowest BCUT2D eigenvalue weighted by Gasteiger charge is -2.20. The van der Waals surface area contributed by atoms with E-state index in [1.54, 1.807) is 21.3 Å². The first-order chi connectivity index (χ1) is 13.0. The summed E-state index contributed by atoms with van der Waals surface area (Å²) in [6.45, 7) is 4.41. The number of fused-ring (bicyclic) bond motifs is 1. The number of benzene rings is 2. The smallest absolute Gasteiger partial charge is 0.208 e. The van der Waals surface area contributed by atoms with Gasteiger partial charge in [0.2, 0.25) is 5.69 Å². The molecule has 0 saturated heterocycles. The van der Waals surface area contributed by atoms with Gasteiger partial charge < -0.3 is 14.2 Å². The maximum atomic E-state index is 6.24. The van der Waals surface area contributed by atoms with Crippen LogP contribution in [0.25, 0.3) is 6.08 Å². The van der Waals surface area contributed by atoms with E-state index >= 15 is 0 Å². The summed E-state index contributed by atoms with van der Waals surface area (Å²) in [5, 5.41) is 0.749. The first kappa shape index (κ1) is 19.3. The maximum Gasteiger partial charge on any atom is 0.208 e. The fourth-order valence-electron chi connectivity index (χ4n) is 3.48. The Morgan fingerprint density at radius 2 is 1.67 bits per heavy atom. The molecule has 0 amide bonds. The average molecular weight is 387 g/mol. The van der Waals surface area contributed by atoms with Crippen LogP contribution in [0.5, 0.6) is 17.2 Å². The van der Waals surface area contributed by atoms with E-state index < -0.39 is 0 Å². The van der Waals surface area contributed by atoms with Gasteiger partial charge in [-0.05, 0) is 31.6 Å². The Morgan fingerprint density at radius 1 is 1.00 bits per heavy atom. The number of rotatable bonds is 6. The zero-order valence-corrected chi connectivity index (χ0v) is 17.1. The molecule has 2 aromatic carbocycles. The highest BCUT2D eigenvalue weighted by Crippen LogP contribution is 2.38. The highest BCUT2D eigenvalue weighted by molar-refractivity contribution is 6.30. The normalized spacial score (nSPS) is 18.4. The summed E-state index contributed by atoms with van der Waals surface area (Å²) in [5.41, 5.74) is 4.15. The Kier molecular flexibility index (Phi) is 5.47. The highest BCUT2D eigenvalue weighted by atomic mass is 35.5. The monoisotopic (exact) mass is 386 g/mol. The van der Waals surface area contributed by atoms with Crippen LogP contribution < -0.4 is 19.2 Å². The van der Waals surface area contributed by atoms with E-state index in [0.717, 1.165) is 28.4 Å². The molecule has 1 atom stereocenters. The Labute approximate surface area is 165 Å². The Morgan fingerprint density at radius 3 is 2.22 bits per heavy atom. The van der Waals surface area contributed by atoms with Gasteiger partial charge in [0, 0.05) is 34.9 Å². The van der Waals surface area contributed by atoms with Crippen molar-refractivity contribution in [1.29, 1.82) is 0 Å². The molecular weight excluding hydrogens is 362 g/mol. The standard InChI is InChI=1S/C22H24ClNO3/c1-6-22(2)17-11-14(23)7-9-18(17)24-21(22)10-8-16-19(26-4)12-15(25-3)13-20(16)27-5/h7-13H,6H2,1-5H3/p+1/b10-8+. The molecule has 27 heavy (non-hydrogen) atoms. The van der Waals surface area contributed by atoms with Crippen LogP contribution in [0, 0.1) is 0 Å². The summed E-state index contributed by atoms with van der Waals surface area (Å²) >= 11 is 6.24. The average Bonchev–Trinajstić information content (AvgIpc) is 2.97. The van der Waals surface area contributed by atoms with Crippen molar-refractivity contribution in [2.24, 2.45) is 0 Å². The van der Waals surface area contributed by atoms with Gasteiger partial charge in [-0.2, -0.15) is 0 Å². The van der Waals surface area contributed by atoms with Crippen LogP contribution in [0.15, 0.2) is 36.4 Å². The molecule has 1 heterocycles. The lowest BCUT2D eigenvalue weighted by molar-refractivity contribution is -0.349. The van der Waals surface area contributed by atoms with Gasteiger partial charge in [0.25, 0.3) is 0 Å². The second kappa shape index (κ2) is 7.65. The topological polar surface area (TPSA) is 41.7 Å². The Balaban J connectivity index is 2.04. The molecule has 3 rings (SSSR count). The van der Waals surface area contributed by atoms with Crippen molar-refractivity contribution >= 4 is 29.1 Å². The van der Waals surface area contributed by atoms with E-state index in [1.807, 2.05) is 36.4 Å². The second-order valence-corrected chi connectivity index (χ2v) is 7.13. The van der Waals surface area contributed by atoms with Crippen molar-refractivity contribution in [3.63, 3.8) is 0 Å². The van der Waals surface area contributed by atoms with Gasteiger partial charge in [-0.3, -0.25) is 0 Å². The fraction of sp³-hybridized carbons (Fsp3) is 0.318. The molecule has 1 N–H and O–H groups in total. The van der Waals surface area contributed by atoms with Crippen molar-refractivity contribution in [1.82, 2.24) is 0 Å². The van der Waals surface area contributed by atoms with Crippen LogP contribution in [0.4, 0.5) is 5.69 Å². The van der Waals surface area contributed by atoms with Gasteiger partial charge in [0.1, 0.15) is 17.2 Å². The van der Waals surface area contributed by atoms with Crippen molar-refractivity contribution in [3.8, 4) is 17.2 Å². The molecule has 0 saturated carbocycles. The van der Waals surface area contributed by atoms with Crippen LogP contribution in [-0.4, -0.2) is 27.0 Å². The van der Waals surface area contributed by atoms with Gasteiger partial charge in [0.15, 0.2) is 5.71 Å². The Bertz CT molecular complexity index is 895. The molecule has 1 aliphatic heterocycles. The molecule has 142 valence electrons. The third-order valence-corrected chi connectivity index (χ3v) is 5.55. The van der Waals surface area contributed by atoms with E-state index in [2.05, 4.69) is 24.9 Å². The predicted molar refractivity (Wildman–Crippen MR) is 110 cm³/mol. The molecule has 5 heteroatoms. The summed E-state index contributed by atoms with van der Waals surface area (Å²) in [7, 11) is 4.90. The number of ether oxygens (including phenoxy) is 3. The van der Waals surface area contributed by atoms with Crippen LogP contribution in [0.2, 0.25) is 5.02 Å². The SMILES string of the molecule is CCC1(C)C(/C=C/c2c(OC)cc(OC)cc2OC)=[NH+]c2ccc(Cl)cc21. The molecular formula is C22H25ClNO3+. The van der Waals surface area contributed by atoms with E-state index in [1.165, 1.54) is 5.56 Å². The van der Waals surface area contributed by atoms with Crippen molar-refractivity contribution in [2.75, 3.05) is 21.3 Å². The van der Waals surface area contributed by atoms with Crippen molar-refractivity contribution in [3.05, 3.63) is 52.6 Å². The van der Waals surface area contributed by atoms with Gasteiger partial charge >= 0.3 is 0 Å². The molecule has 1 aliphatic rings. The molecule has 0 fully saturated rings. The van der Waals surface area contributed by atoms with Crippen molar-refractivity contribution in [2.45, 2.75) is 25.7 Å². The van der Waals surface area contributed by atoms with Crippen LogP contribution >= 0.6 is 11.6 Å². The lowest BCUT2D eigenvalue weighted by Crippen LogP contribution is -2.65. The zero-order chi connectivity index (χ0) is 19.6. The number of halogens is 1. The molecule has 0 radical (unpaired) electrons. The quantitative estimate of drug-likeness (QED) is 0.818. The van der Waals surface area contributed by atoms with Gasteiger partial charge in [0.05, 0.1) is 32.3 Å². The van der Waals surface area contributed by atoms with Crippen LogP contribution in [-0.2, 0) is 5.41 Å². The minimum Gasteiger partial charge on any atom is -0.496 e. The molecule has 1 unspecified atom stereocenters. The summed E-state index contributed by atoms with van der Waals surface area (Å²) in [5.74, 6) is 2.08. The minimum absolute atomic E-state index is 0.135. The molecule has 2 aromatic rings. The van der Waals surface area contributed by atoms with Gasteiger partial charge in [-0.25, -0.2) is 4.99 Å². The summed E-state index contributed by atoms with van der Waals surface area (Å²) in [6, 6.07) is 9.68. The van der Waals surface area contributed by atoms with Gasteiger partial charge in [-0.15, -0.1) is 0 Å². The zero-order valence-electron chi connectivity index (χ0n) is 16.4. The lowest BCUT2D eigenvalue weighted by atomic mass is 9.77. The first-order valence-corrected chi connectivity index (χ1v) is 9.27. The molecule has 0 aromatic heterocycles. The number of allylic oxidation sites excluding steroid dienone is 1. The third-order valence-electron chi connectivity index (χ3n) is 5.32. The molecule has 4 nitrogen and oxygen atoms in total. The maximum absolute atomic E-state index is 6.24. The fourth-order valence-corrected chi connectivity index (χ4v) is 3.65.